The number of carbonyl (C=O) groups excluding carboxylic acids is 1. The second-order valence-electron chi connectivity index (χ2n) is 8.34. The average molecular weight is 432 g/mol. The van der Waals surface area contributed by atoms with Gasteiger partial charge in [-0.25, -0.2) is 0 Å². The SMILES string of the molecule is O=C(c1ccc2c(=O)n(CCC3=CCCCC3)c(=S)[nH]c2c1)N1CCc2ccccc21. The van der Waals surface area contributed by atoms with E-state index in [9.17, 15) is 9.59 Å². The minimum absolute atomic E-state index is 0.0559. The first kappa shape index (κ1) is 19.9. The second-order valence-corrected chi connectivity index (χ2v) is 8.73. The molecule has 5 nitrogen and oxygen atoms in total. The minimum atomic E-state index is -0.0966. The van der Waals surface area contributed by atoms with Crippen molar-refractivity contribution < 1.29 is 4.79 Å². The highest BCUT2D eigenvalue weighted by Crippen LogP contribution is 2.29. The van der Waals surface area contributed by atoms with Gasteiger partial charge in [-0.05, 0) is 80.6 Å². The van der Waals surface area contributed by atoms with Crippen LogP contribution in [0, 0.1) is 4.77 Å². The molecule has 2 heterocycles. The third kappa shape index (κ3) is 3.76. The van der Waals surface area contributed by atoms with Crippen molar-refractivity contribution in [3.63, 3.8) is 0 Å². The van der Waals surface area contributed by atoms with Gasteiger partial charge in [0.15, 0.2) is 4.77 Å². The molecule has 1 amide bonds. The Morgan fingerprint density at radius 2 is 1.97 bits per heavy atom. The Balaban J connectivity index is 1.44. The highest BCUT2D eigenvalue weighted by atomic mass is 32.1. The number of aromatic amines is 1. The molecule has 0 saturated carbocycles. The lowest BCUT2D eigenvalue weighted by molar-refractivity contribution is 0.0989. The van der Waals surface area contributed by atoms with Crippen molar-refractivity contribution in [1.29, 1.82) is 0 Å². The maximum Gasteiger partial charge on any atom is 0.262 e. The van der Waals surface area contributed by atoms with E-state index in [1.54, 1.807) is 22.8 Å². The van der Waals surface area contributed by atoms with Gasteiger partial charge in [0.05, 0.1) is 10.9 Å². The molecule has 2 aliphatic rings. The molecule has 3 aromatic rings. The number of hydrogen-bond donors (Lipinski definition) is 1. The molecule has 2 aromatic carbocycles. The fourth-order valence-corrected chi connectivity index (χ4v) is 4.97. The number of carbonyl (C=O) groups is 1. The summed E-state index contributed by atoms with van der Waals surface area (Å²) in [5.74, 6) is -0.0559. The van der Waals surface area contributed by atoms with E-state index < -0.39 is 0 Å². The molecule has 0 saturated heterocycles. The lowest BCUT2D eigenvalue weighted by atomic mass is 9.97. The summed E-state index contributed by atoms with van der Waals surface area (Å²) in [6.07, 6.45) is 8.74. The fourth-order valence-electron chi connectivity index (χ4n) is 4.68. The third-order valence-electron chi connectivity index (χ3n) is 6.40. The zero-order valence-corrected chi connectivity index (χ0v) is 18.2. The van der Waals surface area contributed by atoms with Gasteiger partial charge in [0, 0.05) is 24.3 Å². The van der Waals surface area contributed by atoms with E-state index in [0.29, 0.717) is 34.3 Å². The van der Waals surface area contributed by atoms with Gasteiger partial charge in [-0.1, -0.05) is 29.8 Å². The topological polar surface area (TPSA) is 58.1 Å². The molecule has 0 bridgehead atoms. The minimum Gasteiger partial charge on any atom is -0.332 e. The molecule has 158 valence electrons. The zero-order valence-electron chi connectivity index (χ0n) is 17.4. The molecular formula is C25H25N3O2S. The van der Waals surface area contributed by atoms with Crippen molar-refractivity contribution in [2.45, 2.75) is 45.1 Å². The number of amides is 1. The highest BCUT2D eigenvalue weighted by Gasteiger charge is 2.25. The smallest absolute Gasteiger partial charge is 0.262 e. The summed E-state index contributed by atoms with van der Waals surface area (Å²) in [4.78, 5) is 31.2. The summed E-state index contributed by atoms with van der Waals surface area (Å²) >= 11 is 5.49. The van der Waals surface area contributed by atoms with Gasteiger partial charge in [-0.3, -0.25) is 14.2 Å². The quantitative estimate of drug-likeness (QED) is 0.459. The number of allylic oxidation sites excluding steroid dienone is 2. The van der Waals surface area contributed by atoms with E-state index in [4.69, 9.17) is 12.2 Å². The van der Waals surface area contributed by atoms with Crippen LogP contribution in [0.3, 0.4) is 0 Å². The largest absolute Gasteiger partial charge is 0.332 e. The number of aromatic nitrogens is 2. The first-order valence-electron chi connectivity index (χ1n) is 11.0. The number of benzene rings is 2. The lowest BCUT2D eigenvalue weighted by Crippen LogP contribution is -2.29. The van der Waals surface area contributed by atoms with E-state index in [-0.39, 0.29) is 11.5 Å². The normalized spacial score (nSPS) is 15.7. The monoisotopic (exact) mass is 431 g/mol. The number of rotatable bonds is 4. The summed E-state index contributed by atoms with van der Waals surface area (Å²) in [6, 6.07) is 13.2. The van der Waals surface area contributed by atoms with E-state index in [1.165, 1.54) is 24.0 Å². The molecule has 1 aliphatic heterocycles. The van der Waals surface area contributed by atoms with E-state index in [0.717, 1.165) is 31.4 Å². The van der Waals surface area contributed by atoms with Crippen LogP contribution in [0.15, 0.2) is 58.9 Å². The van der Waals surface area contributed by atoms with Gasteiger partial charge in [0.1, 0.15) is 0 Å². The van der Waals surface area contributed by atoms with Crippen LogP contribution >= 0.6 is 12.2 Å². The molecule has 0 unspecified atom stereocenters. The number of nitrogens with zero attached hydrogens (tertiary/aromatic N) is 2. The van der Waals surface area contributed by atoms with Crippen molar-refractivity contribution in [3.05, 3.63) is 80.4 Å². The molecule has 0 fully saturated rings. The first-order chi connectivity index (χ1) is 15.1. The van der Waals surface area contributed by atoms with Gasteiger partial charge in [0.2, 0.25) is 0 Å². The fraction of sp³-hybridized carbons (Fsp3) is 0.320. The number of H-pyrrole nitrogens is 1. The standard InChI is InChI=1S/C25H25N3O2S/c29-23(27-15-13-18-8-4-5-9-22(18)27)19-10-11-20-21(16-19)26-25(31)28(24(20)30)14-12-17-6-2-1-3-7-17/h4-6,8-11,16H,1-3,7,12-15H2,(H,26,31). The Morgan fingerprint density at radius 1 is 1.10 bits per heavy atom. The number of para-hydroxylation sites is 1. The molecule has 1 aromatic heterocycles. The lowest BCUT2D eigenvalue weighted by Gasteiger charge is -2.18. The van der Waals surface area contributed by atoms with Crippen molar-refractivity contribution in [3.8, 4) is 0 Å². The van der Waals surface area contributed by atoms with Crippen LogP contribution in [0.1, 0.15) is 48.0 Å². The Bertz CT molecular complexity index is 1320. The van der Waals surface area contributed by atoms with Crippen LogP contribution in [0.5, 0.6) is 0 Å². The van der Waals surface area contributed by atoms with Gasteiger partial charge < -0.3 is 9.88 Å². The van der Waals surface area contributed by atoms with Crippen molar-refractivity contribution >= 4 is 34.7 Å². The van der Waals surface area contributed by atoms with Crippen LogP contribution in [-0.4, -0.2) is 22.0 Å². The van der Waals surface area contributed by atoms with Crippen LogP contribution in [0.2, 0.25) is 0 Å². The number of fused-ring (bicyclic) bond motifs is 2. The predicted molar refractivity (Wildman–Crippen MR) is 126 cm³/mol. The Morgan fingerprint density at radius 3 is 2.81 bits per heavy atom. The average Bonchev–Trinajstić information content (AvgIpc) is 3.23. The van der Waals surface area contributed by atoms with Crippen molar-refractivity contribution in [2.75, 3.05) is 11.4 Å². The molecule has 31 heavy (non-hydrogen) atoms. The Hall–Kier alpha value is -2.99. The maximum atomic E-state index is 13.2. The van der Waals surface area contributed by atoms with Crippen LogP contribution in [-0.2, 0) is 13.0 Å². The van der Waals surface area contributed by atoms with Crippen LogP contribution in [0.4, 0.5) is 5.69 Å². The van der Waals surface area contributed by atoms with E-state index in [2.05, 4.69) is 17.1 Å². The van der Waals surface area contributed by atoms with Gasteiger partial charge in [-0.2, -0.15) is 0 Å². The number of anilines is 1. The summed E-state index contributed by atoms with van der Waals surface area (Å²) in [5, 5.41) is 0.560. The number of hydrogen-bond acceptors (Lipinski definition) is 3. The summed E-state index contributed by atoms with van der Waals surface area (Å²) in [5.41, 5.74) is 4.64. The molecule has 0 spiro atoms. The zero-order chi connectivity index (χ0) is 21.4. The summed E-state index contributed by atoms with van der Waals surface area (Å²) < 4.78 is 2.05. The predicted octanol–water partition coefficient (Wildman–Crippen LogP) is 5.15. The van der Waals surface area contributed by atoms with Crippen LogP contribution < -0.4 is 10.5 Å². The number of nitrogens with one attached hydrogen (secondary N) is 1. The van der Waals surface area contributed by atoms with Crippen molar-refractivity contribution in [2.24, 2.45) is 0 Å². The molecule has 0 atom stereocenters. The Kier molecular flexibility index (Phi) is 5.32. The maximum absolute atomic E-state index is 13.2. The third-order valence-corrected chi connectivity index (χ3v) is 6.73. The molecule has 1 N–H and O–H groups in total. The summed E-state index contributed by atoms with van der Waals surface area (Å²) in [6.45, 7) is 1.25. The van der Waals surface area contributed by atoms with Gasteiger partial charge in [0.25, 0.3) is 11.5 Å². The first-order valence-corrected chi connectivity index (χ1v) is 11.4. The molecule has 5 rings (SSSR count). The van der Waals surface area contributed by atoms with E-state index in [1.807, 2.05) is 23.1 Å². The second kappa shape index (κ2) is 8.27. The van der Waals surface area contributed by atoms with Crippen molar-refractivity contribution in [1.82, 2.24) is 9.55 Å². The highest BCUT2D eigenvalue weighted by molar-refractivity contribution is 7.71. The molecule has 0 radical (unpaired) electrons. The molecule has 6 heteroatoms. The van der Waals surface area contributed by atoms with Gasteiger partial charge >= 0.3 is 0 Å². The van der Waals surface area contributed by atoms with Gasteiger partial charge in [-0.15, -0.1) is 0 Å². The summed E-state index contributed by atoms with van der Waals surface area (Å²) in [7, 11) is 0. The van der Waals surface area contributed by atoms with E-state index >= 15 is 0 Å². The van der Waals surface area contributed by atoms with Crippen LogP contribution in [0.25, 0.3) is 10.9 Å². The Labute approximate surface area is 186 Å². The molecule has 1 aliphatic carbocycles. The molecular weight excluding hydrogens is 406 g/mol.